The number of carboxylic acid groups (broad SMARTS) is 1. The molecule has 3 heterocycles. The fraction of sp³-hybridized carbons (Fsp3) is 0.450. The molecule has 1 aliphatic heterocycles. The predicted octanol–water partition coefficient (Wildman–Crippen LogP) is -1.76. The van der Waals surface area contributed by atoms with Crippen molar-refractivity contribution >= 4 is 29.5 Å². The molecule has 0 radical (unpaired) electrons. The van der Waals surface area contributed by atoms with Gasteiger partial charge in [-0.05, 0) is 18.6 Å². The first kappa shape index (κ1) is 25.3. The monoisotopic (exact) mass is 494 g/mol. The second-order valence-electron chi connectivity index (χ2n) is 7.66. The number of carbonyl (C=O) groups is 2. The molecule has 0 spiro atoms. The number of amides is 1. The molecular formula is C20H26N6O7S. The summed E-state index contributed by atoms with van der Waals surface area (Å²) >= 11 is 0.978. The molecule has 34 heavy (non-hydrogen) atoms. The number of rotatable bonds is 10. The topological polar surface area (TPSA) is 195 Å². The molecule has 184 valence electrons. The minimum absolute atomic E-state index is 0.00540. The number of aliphatic hydroxyl groups excluding tert-OH is 2. The molecule has 0 aromatic carbocycles. The van der Waals surface area contributed by atoms with Crippen molar-refractivity contribution in [2.75, 3.05) is 23.8 Å². The van der Waals surface area contributed by atoms with Crippen molar-refractivity contribution in [2.24, 2.45) is 0 Å². The molecule has 0 bridgehead atoms. The van der Waals surface area contributed by atoms with Crippen LogP contribution in [0.4, 0.5) is 5.82 Å². The third-order valence-electron chi connectivity index (χ3n) is 5.28. The molecule has 2 aromatic rings. The van der Waals surface area contributed by atoms with Crippen LogP contribution >= 0.6 is 11.8 Å². The van der Waals surface area contributed by atoms with E-state index in [9.17, 15) is 29.4 Å². The third-order valence-corrected chi connectivity index (χ3v) is 6.45. The number of nitrogens with one attached hydrogen (secondary N) is 1. The Morgan fingerprint density at radius 2 is 2.03 bits per heavy atom. The molecule has 0 fully saturated rings. The van der Waals surface area contributed by atoms with Gasteiger partial charge in [-0.2, -0.15) is 11.8 Å². The van der Waals surface area contributed by atoms with E-state index in [1.165, 1.54) is 6.08 Å². The van der Waals surface area contributed by atoms with E-state index >= 15 is 0 Å². The number of aliphatic carboxylic acids is 1. The number of aliphatic hydroxyl groups is 2. The lowest BCUT2D eigenvalue weighted by Crippen LogP contribution is -2.41. The first-order valence-corrected chi connectivity index (χ1v) is 11.5. The smallest absolute Gasteiger partial charge is 0.349 e. The van der Waals surface area contributed by atoms with Gasteiger partial charge in [0.1, 0.15) is 11.9 Å². The van der Waals surface area contributed by atoms with Crippen molar-refractivity contribution < 1.29 is 24.9 Å². The number of nitrogens with two attached hydrogens (primary N) is 1. The van der Waals surface area contributed by atoms with Crippen LogP contribution in [0.25, 0.3) is 0 Å². The van der Waals surface area contributed by atoms with Gasteiger partial charge in [-0.25, -0.2) is 33.3 Å². The Kier molecular flexibility index (Phi) is 7.96. The zero-order chi connectivity index (χ0) is 25.0. The van der Waals surface area contributed by atoms with Gasteiger partial charge < -0.3 is 26.4 Å². The van der Waals surface area contributed by atoms with Gasteiger partial charge in [0.2, 0.25) is 5.91 Å². The highest BCUT2D eigenvalue weighted by Crippen LogP contribution is 2.16. The van der Waals surface area contributed by atoms with E-state index in [-0.39, 0.29) is 24.6 Å². The molecule has 6 N–H and O–H groups in total. The lowest BCUT2D eigenvalue weighted by atomic mass is 10.2. The van der Waals surface area contributed by atoms with Crippen LogP contribution in [0.1, 0.15) is 23.3 Å². The summed E-state index contributed by atoms with van der Waals surface area (Å²) < 4.78 is 2.56. The highest BCUT2D eigenvalue weighted by Gasteiger charge is 2.33. The molecular weight excluding hydrogens is 468 g/mol. The molecule has 1 amide bonds. The molecule has 3 rings (SSSR count). The first-order chi connectivity index (χ1) is 16.1. The van der Waals surface area contributed by atoms with Crippen molar-refractivity contribution in [3.8, 4) is 0 Å². The maximum absolute atomic E-state index is 13.1. The van der Waals surface area contributed by atoms with Crippen LogP contribution in [0, 0.1) is 6.92 Å². The van der Waals surface area contributed by atoms with Crippen LogP contribution in [-0.2, 0) is 22.7 Å². The molecule has 13 nitrogen and oxygen atoms in total. The fourth-order valence-corrected chi connectivity index (χ4v) is 4.52. The van der Waals surface area contributed by atoms with Crippen LogP contribution in [-0.4, -0.2) is 70.3 Å². The second-order valence-corrected chi connectivity index (χ2v) is 8.74. The number of carboxylic acids is 1. The number of allylic oxidation sites excluding steroid dienone is 1. The Labute approximate surface area is 197 Å². The van der Waals surface area contributed by atoms with Gasteiger partial charge in [0, 0.05) is 23.7 Å². The van der Waals surface area contributed by atoms with Crippen molar-refractivity contribution in [2.45, 2.75) is 38.2 Å². The normalized spacial score (nSPS) is 16.6. The summed E-state index contributed by atoms with van der Waals surface area (Å²) in [5, 5.41) is 30.7. The van der Waals surface area contributed by atoms with Gasteiger partial charge in [-0.1, -0.05) is 18.2 Å². The van der Waals surface area contributed by atoms with E-state index < -0.39 is 48.1 Å². The van der Waals surface area contributed by atoms with Gasteiger partial charge >= 0.3 is 17.3 Å². The summed E-state index contributed by atoms with van der Waals surface area (Å²) in [5.41, 5.74) is 5.20. The quantitative estimate of drug-likeness (QED) is 0.236. The molecule has 2 aromatic heterocycles. The highest BCUT2D eigenvalue weighted by molar-refractivity contribution is 7.99. The van der Waals surface area contributed by atoms with Crippen molar-refractivity contribution in [1.82, 2.24) is 24.2 Å². The van der Waals surface area contributed by atoms with Gasteiger partial charge in [0.15, 0.2) is 6.04 Å². The van der Waals surface area contributed by atoms with Crippen LogP contribution in [0.2, 0.25) is 0 Å². The summed E-state index contributed by atoms with van der Waals surface area (Å²) in [6.45, 7) is 1.35. The molecule has 0 aliphatic carbocycles. The molecule has 0 saturated carbocycles. The minimum atomic E-state index is -1.52. The molecule has 3 atom stereocenters. The summed E-state index contributed by atoms with van der Waals surface area (Å²) in [4.78, 5) is 54.9. The van der Waals surface area contributed by atoms with E-state index in [4.69, 9.17) is 10.8 Å². The predicted molar refractivity (Wildman–Crippen MR) is 123 cm³/mol. The lowest BCUT2D eigenvalue weighted by Gasteiger charge is -2.20. The number of hydrogen-bond acceptors (Lipinski definition) is 9. The largest absolute Gasteiger partial charge is 0.480 e. The van der Waals surface area contributed by atoms with Gasteiger partial charge in [0.25, 0.3) is 0 Å². The van der Waals surface area contributed by atoms with Crippen LogP contribution in [0.3, 0.4) is 0 Å². The van der Waals surface area contributed by atoms with Crippen molar-refractivity contribution in [3.63, 3.8) is 0 Å². The molecule has 14 heteroatoms. The van der Waals surface area contributed by atoms with E-state index in [0.717, 1.165) is 26.7 Å². The first-order valence-electron chi connectivity index (χ1n) is 10.3. The average Bonchev–Trinajstić information content (AvgIpc) is 3.05. The Balaban J connectivity index is 1.85. The number of fused-ring (bicyclic) bond motifs is 1. The Bertz CT molecular complexity index is 1220. The standard InChI is InChI=1S/C20H26N6O7S/c1-11-12(4-5-16(21)23-11)7-22-17(29)14-3-2-6-24-19(32)25(20(33)26(14)24)15(18(30)31)10-34-9-13(28)8-27/h2-5,13-15,27-28H,6-10H2,1H3,(H2,21,23)(H,22,29)(H,30,31). The van der Waals surface area contributed by atoms with Crippen LogP contribution in [0.15, 0.2) is 33.9 Å². The maximum Gasteiger partial charge on any atom is 0.349 e. The molecule has 1 aliphatic rings. The van der Waals surface area contributed by atoms with E-state index in [1.54, 1.807) is 25.1 Å². The van der Waals surface area contributed by atoms with Crippen LogP contribution in [0.5, 0.6) is 0 Å². The second kappa shape index (κ2) is 10.7. The number of aromatic nitrogens is 4. The number of anilines is 1. The third kappa shape index (κ3) is 5.24. The Morgan fingerprint density at radius 1 is 1.29 bits per heavy atom. The van der Waals surface area contributed by atoms with Crippen LogP contribution < -0.4 is 22.4 Å². The van der Waals surface area contributed by atoms with Gasteiger partial charge in [-0.15, -0.1) is 0 Å². The van der Waals surface area contributed by atoms with Crippen molar-refractivity contribution in [3.05, 3.63) is 56.5 Å². The SMILES string of the molecule is Cc1nc(N)ccc1CNC(=O)C1C=CCn2c(=O)n(C(CSCC(O)CO)C(=O)O)c(=O)n21. The maximum atomic E-state index is 13.1. The molecule has 0 saturated heterocycles. The Morgan fingerprint density at radius 3 is 2.68 bits per heavy atom. The number of nitrogen functional groups attached to an aromatic ring is 1. The zero-order valence-electron chi connectivity index (χ0n) is 18.3. The number of carbonyl (C=O) groups excluding carboxylic acids is 1. The number of pyridine rings is 1. The lowest BCUT2D eigenvalue weighted by molar-refractivity contribution is -0.140. The van der Waals surface area contributed by atoms with Gasteiger partial charge in [-0.3, -0.25) is 4.79 Å². The summed E-state index contributed by atoms with van der Waals surface area (Å²) in [5.74, 6) is -1.80. The van der Waals surface area contributed by atoms with E-state index in [2.05, 4.69) is 10.3 Å². The summed E-state index contributed by atoms with van der Waals surface area (Å²) in [7, 11) is 0. The Hall–Kier alpha value is -3.36. The average molecular weight is 495 g/mol. The minimum Gasteiger partial charge on any atom is -0.480 e. The summed E-state index contributed by atoms with van der Waals surface area (Å²) in [6, 6.07) is 0.640. The fourth-order valence-electron chi connectivity index (χ4n) is 3.49. The van der Waals surface area contributed by atoms with E-state index in [1.807, 2.05) is 0 Å². The summed E-state index contributed by atoms with van der Waals surface area (Å²) in [6.07, 6.45) is 1.96. The van der Waals surface area contributed by atoms with Gasteiger partial charge in [0.05, 0.1) is 19.3 Å². The zero-order valence-corrected chi connectivity index (χ0v) is 19.1. The number of thioether (sulfide) groups is 1. The van der Waals surface area contributed by atoms with Crippen molar-refractivity contribution in [1.29, 1.82) is 0 Å². The van der Waals surface area contributed by atoms with E-state index in [0.29, 0.717) is 16.1 Å². The molecule has 3 unspecified atom stereocenters. The number of nitrogens with zero attached hydrogens (tertiary/aromatic N) is 4. The highest BCUT2D eigenvalue weighted by atomic mass is 32.2. The number of hydrogen-bond donors (Lipinski definition) is 5. The number of aryl methyl sites for hydroxylation is 1.